The highest BCUT2D eigenvalue weighted by Gasteiger charge is 2.20. The molecule has 0 spiro atoms. The van der Waals surface area contributed by atoms with Gasteiger partial charge < -0.3 is 4.74 Å². The van der Waals surface area contributed by atoms with E-state index in [1.807, 2.05) is 0 Å². The second-order valence-electron chi connectivity index (χ2n) is 7.68. The Kier molecular flexibility index (Phi) is 5.45. The summed E-state index contributed by atoms with van der Waals surface area (Å²) in [6, 6.07) is 9.75. The minimum atomic E-state index is 0.243. The van der Waals surface area contributed by atoms with Gasteiger partial charge in [0.25, 0.3) is 0 Å². The van der Waals surface area contributed by atoms with Crippen LogP contribution in [0.2, 0.25) is 0 Å². The molecule has 21 heavy (non-hydrogen) atoms. The summed E-state index contributed by atoms with van der Waals surface area (Å²) in [6.07, 6.45) is 1.16. The molecular formula is C19H31NO. The molecule has 2 heteroatoms. The Morgan fingerprint density at radius 3 is 2.48 bits per heavy atom. The van der Waals surface area contributed by atoms with Gasteiger partial charge in [0.2, 0.25) is 0 Å². The molecule has 0 amide bonds. The van der Waals surface area contributed by atoms with Gasteiger partial charge in [-0.3, -0.25) is 4.90 Å². The van der Waals surface area contributed by atoms with E-state index in [-0.39, 0.29) is 5.41 Å². The van der Waals surface area contributed by atoms with E-state index in [1.165, 1.54) is 17.7 Å². The van der Waals surface area contributed by atoms with Crippen LogP contribution in [-0.4, -0.2) is 37.2 Å². The molecule has 0 aromatic heterocycles. The van der Waals surface area contributed by atoms with Crippen molar-refractivity contribution in [3.63, 3.8) is 0 Å². The molecule has 1 heterocycles. The first kappa shape index (κ1) is 16.5. The summed E-state index contributed by atoms with van der Waals surface area (Å²) in [6.45, 7) is 15.5. The summed E-state index contributed by atoms with van der Waals surface area (Å²) >= 11 is 0. The normalized spacial score (nSPS) is 22.2. The van der Waals surface area contributed by atoms with E-state index >= 15 is 0 Å². The van der Waals surface area contributed by atoms with Crippen LogP contribution in [0.15, 0.2) is 24.3 Å². The summed E-state index contributed by atoms with van der Waals surface area (Å²) in [5, 5.41) is 0. The van der Waals surface area contributed by atoms with Crippen molar-refractivity contribution in [3.05, 3.63) is 35.4 Å². The second kappa shape index (κ2) is 6.93. The molecule has 2 unspecified atom stereocenters. The fourth-order valence-corrected chi connectivity index (χ4v) is 3.04. The Hall–Kier alpha value is -0.860. The molecule has 2 rings (SSSR count). The molecule has 2 nitrogen and oxygen atoms in total. The number of rotatable bonds is 4. The minimum Gasteiger partial charge on any atom is -0.379 e. The minimum absolute atomic E-state index is 0.243. The van der Waals surface area contributed by atoms with Gasteiger partial charge in [0, 0.05) is 19.1 Å². The third-order valence-corrected chi connectivity index (χ3v) is 4.46. The van der Waals surface area contributed by atoms with Crippen LogP contribution in [0.1, 0.15) is 45.7 Å². The molecule has 1 aromatic rings. The summed E-state index contributed by atoms with van der Waals surface area (Å²) in [5.41, 5.74) is 3.12. The molecule has 2 atom stereocenters. The zero-order valence-electron chi connectivity index (χ0n) is 14.4. The van der Waals surface area contributed by atoms with Gasteiger partial charge in [0.05, 0.1) is 13.2 Å². The van der Waals surface area contributed by atoms with Crippen molar-refractivity contribution in [1.29, 1.82) is 0 Å². The number of hydrogen-bond donors (Lipinski definition) is 0. The zero-order valence-corrected chi connectivity index (χ0v) is 14.4. The summed E-state index contributed by atoms with van der Waals surface area (Å²) < 4.78 is 5.52. The van der Waals surface area contributed by atoms with Crippen LogP contribution in [0, 0.1) is 5.92 Å². The molecule has 1 saturated heterocycles. The fraction of sp³-hybridized carbons (Fsp3) is 0.684. The first-order valence-corrected chi connectivity index (χ1v) is 8.27. The molecular weight excluding hydrogens is 258 g/mol. The van der Waals surface area contributed by atoms with Crippen molar-refractivity contribution >= 4 is 0 Å². The summed E-state index contributed by atoms with van der Waals surface area (Å²) in [5.74, 6) is 0.686. The van der Waals surface area contributed by atoms with Crippen LogP contribution in [-0.2, 0) is 16.6 Å². The Morgan fingerprint density at radius 2 is 1.90 bits per heavy atom. The van der Waals surface area contributed by atoms with Gasteiger partial charge in [-0.25, -0.2) is 0 Å². The monoisotopic (exact) mass is 289 g/mol. The molecule has 118 valence electrons. The van der Waals surface area contributed by atoms with Gasteiger partial charge in [0.15, 0.2) is 0 Å². The maximum absolute atomic E-state index is 5.52. The van der Waals surface area contributed by atoms with E-state index in [0.29, 0.717) is 12.0 Å². The Balaban J connectivity index is 1.89. The van der Waals surface area contributed by atoms with Crippen molar-refractivity contribution in [2.75, 3.05) is 26.3 Å². The van der Waals surface area contributed by atoms with E-state index in [2.05, 4.69) is 63.8 Å². The second-order valence-corrected chi connectivity index (χ2v) is 7.68. The molecule has 0 saturated carbocycles. The third-order valence-electron chi connectivity index (χ3n) is 4.46. The molecule has 0 bridgehead atoms. The largest absolute Gasteiger partial charge is 0.379 e. The van der Waals surface area contributed by atoms with Crippen molar-refractivity contribution in [2.24, 2.45) is 5.92 Å². The molecule has 0 radical (unpaired) electrons. The smallest absolute Gasteiger partial charge is 0.0619 e. The van der Waals surface area contributed by atoms with Gasteiger partial charge in [0.1, 0.15) is 0 Å². The van der Waals surface area contributed by atoms with Gasteiger partial charge in [-0.2, -0.15) is 0 Å². The molecule has 0 N–H and O–H groups in total. The quantitative estimate of drug-likeness (QED) is 0.834. The van der Waals surface area contributed by atoms with Crippen LogP contribution in [0.25, 0.3) is 0 Å². The highest BCUT2D eigenvalue weighted by atomic mass is 16.5. The molecule has 1 aliphatic rings. The average molecular weight is 289 g/mol. The maximum atomic E-state index is 5.52. The fourth-order valence-electron chi connectivity index (χ4n) is 3.04. The topological polar surface area (TPSA) is 12.5 Å². The first-order chi connectivity index (χ1) is 9.86. The van der Waals surface area contributed by atoms with Crippen molar-refractivity contribution in [2.45, 2.75) is 52.5 Å². The van der Waals surface area contributed by atoms with Crippen molar-refractivity contribution in [3.8, 4) is 0 Å². The van der Waals surface area contributed by atoms with Crippen molar-refractivity contribution < 1.29 is 4.74 Å². The van der Waals surface area contributed by atoms with E-state index in [1.54, 1.807) is 0 Å². The standard InChI is InChI=1S/C19H31NO/c1-15(13-20-10-11-21-14-16(20)2)12-17-6-8-18(9-7-17)19(3,4)5/h6-9,15-16H,10-14H2,1-5H3. The number of morpholine rings is 1. The van der Waals surface area contributed by atoms with Crippen LogP contribution in [0.3, 0.4) is 0 Å². The van der Waals surface area contributed by atoms with Gasteiger partial charge in [-0.15, -0.1) is 0 Å². The van der Waals surface area contributed by atoms with Crippen molar-refractivity contribution in [1.82, 2.24) is 4.90 Å². The van der Waals surface area contributed by atoms with E-state index in [9.17, 15) is 0 Å². The Labute approximate surface area is 130 Å². The van der Waals surface area contributed by atoms with Gasteiger partial charge in [-0.1, -0.05) is 52.0 Å². The highest BCUT2D eigenvalue weighted by Crippen LogP contribution is 2.23. The number of benzene rings is 1. The summed E-state index contributed by atoms with van der Waals surface area (Å²) in [7, 11) is 0. The summed E-state index contributed by atoms with van der Waals surface area (Å²) in [4.78, 5) is 2.57. The van der Waals surface area contributed by atoms with E-state index < -0.39 is 0 Å². The third kappa shape index (κ3) is 4.82. The Morgan fingerprint density at radius 1 is 1.24 bits per heavy atom. The first-order valence-electron chi connectivity index (χ1n) is 8.27. The molecule has 1 aromatic carbocycles. The van der Waals surface area contributed by atoms with Crippen LogP contribution in [0.4, 0.5) is 0 Å². The van der Waals surface area contributed by atoms with Gasteiger partial charge in [-0.05, 0) is 35.8 Å². The number of ether oxygens (including phenoxy) is 1. The van der Waals surface area contributed by atoms with Crippen LogP contribution >= 0.6 is 0 Å². The van der Waals surface area contributed by atoms with Crippen LogP contribution < -0.4 is 0 Å². The lowest BCUT2D eigenvalue weighted by molar-refractivity contribution is -0.00614. The SMILES string of the molecule is CC(Cc1ccc(C(C)(C)C)cc1)CN1CCOCC1C. The predicted molar refractivity (Wildman–Crippen MR) is 89.9 cm³/mol. The highest BCUT2D eigenvalue weighted by molar-refractivity contribution is 5.27. The molecule has 0 aliphatic carbocycles. The molecule has 1 fully saturated rings. The lowest BCUT2D eigenvalue weighted by Crippen LogP contribution is -2.45. The lowest BCUT2D eigenvalue weighted by Gasteiger charge is -2.35. The Bertz CT molecular complexity index is 432. The average Bonchev–Trinajstić information content (AvgIpc) is 2.41. The molecule has 1 aliphatic heterocycles. The maximum Gasteiger partial charge on any atom is 0.0619 e. The van der Waals surface area contributed by atoms with E-state index in [0.717, 1.165) is 26.2 Å². The van der Waals surface area contributed by atoms with E-state index in [4.69, 9.17) is 4.74 Å². The zero-order chi connectivity index (χ0) is 15.5. The lowest BCUT2D eigenvalue weighted by atomic mass is 9.86. The number of hydrogen-bond acceptors (Lipinski definition) is 2. The van der Waals surface area contributed by atoms with Crippen LogP contribution in [0.5, 0.6) is 0 Å². The van der Waals surface area contributed by atoms with Gasteiger partial charge >= 0.3 is 0 Å². The predicted octanol–water partition coefficient (Wildman–Crippen LogP) is 3.88. The number of nitrogens with zero attached hydrogens (tertiary/aromatic N) is 1.